The van der Waals surface area contributed by atoms with E-state index in [-0.39, 0.29) is 16.3 Å². The number of anilines is 1. The maximum atomic E-state index is 11.7. The molecule has 0 fully saturated rings. The Hall–Kier alpha value is -2.41. The Morgan fingerprint density at radius 2 is 2.21 bits per heavy atom. The normalized spacial score (nSPS) is 10.0. The fraction of sp³-hybridized carbons (Fsp3) is 0.0909. The number of ether oxygens (including phenoxy) is 1. The van der Waals surface area contributed by atoms with E-state index in [1.165, 1.54) is 25.4 Å². The van der Waals surface area contributed by atoms with E-state index in [0.29, 0.717) is 5.69 Å². The van der Waals surface area contributed by atoms with Crippen molar-refractivity contribution in [3.63, 3.8) is 0 Å². The average molecular weight is 281 g/mol. The van der Waals surface area contributed by atoms with Crippen LogP contribution in [0.5, 0.6) is 0 Å². The molecule has 1 heterocycles. The van der Waals surface area contributed by atoms with Gasteiger partial charge in [-0.1, -0.05) is 11.6 Å². The first-order valence-electron chi connectivity index (χ1n) is 5.17. The van der Waals surface area contributed by atoms with Gasteiger partial charge in [-0.15, -0.1) is 0 Å². The van der Waals surface area contributed by atoms with Crippen LogP contribution in [0.15, 0.2) is 24.4 Å². The van der Waals surface area contributed by atoms with E-state index >= 15 is 0 Å². The number of halogens is 1. The van der Waals surface area contributed by atoms with Crippen LogP contribution in [0.25, 0.3) is 0 Å². The van der Waals surface area contributed by atoms with E-state index in [0.717, 1.165) is 0 Å². The van der Waals surface area contributed by atoms with Gasteiger partial charge in [0.1, 0.15) is 0 Å². The molecule has 0 unspecified atom stereocenters. The summed E-state index contributed by atoms with van der Waals surface area (Å²) < 4.78 is 4.59. The van der Waals surface area contributed by atoms with Crippen LogP contribution in [0.4, 0.5) is 5.69 Å². The molecule has 0 saturated carbocycles. The number of benzene rings is 1. The summed E-state index contributed by atoms with van der Waals surface area (Å²) in [6.07, 6.45) is 1.28. The summed E-state index contributed by atoms with van der Waals surface area (Å²) in [5, 5.41) is 12.3. The van der Waals surface area contributed by atoms with Crippen LogP contribution in [0.2, 0.25) is 5.02 Å². The largest absolute Gasteiger partial charge is 0.465 e. The molecule has 2 rings (SSSR count). The van der Waals surface area contributed by atoms with Gasteiger partial charge in [-0.3, -0.25) is 4.79 Å². The van der Waals surface area contributed by atoms with Gasteiger partial charge in [0.2, 0.25) is 0 Å². The highest BCUT2D eigenvalue weighted by atomic mass is 35.5. The molecular formula is C11H9ClN4O3. The van der Waals surface area contributed by atoms with Gasteiger partial charge in [0.05, 0.1) is 23.9 Å². The third kappa shape index (κ3) is 2.89. The number of amides is 1. The minimum atomic E-state index is -0.581. The van der Waals surface area contributed by atoms with Gasteiger partial charge in [-0.25, -0.2) is 4.79 Å². The molecule has 0 bridgehead atoms. The van der Waals surface area contributed by atoms with Crippen molar-refractivity contribution < 1.29 is 14.3 Å². The number of hydrogen-bond acceptors (Lipinski definition) is 5. The van der Waals surface area contributed by atoms with Crippen LogP contribution in [0, 0.1) is 0 Å². The summed E-state index contributed by atoms with van der Waals surface area (Å²) >= 11 is 5.87. The van der Waals surface area contributed by atoms with E-state index in [1.807, 2.05) is 0 Å². The highest BCUT2D eigenvalue weighted by Crippen LogP contribution is 2.21. The summed E-state index contributed by atoms with van der Waals surface area (Å²) in [6.45, 7) is 0. The minimum Gasteiger partial charge on any atom is -0.465 e. The van der Waals surface area contributed by atoms with Gasteiger partial charge >= 0.3 is 5.97 Å². The van der Waals surface area contributed by atoms with Crippen molar-refractivity contribution in [3.8, 4) is 0 Å². The van der Waals surface area contributed by atoms with Gasteiger partial charge < -0.3 is 10.1 Å². The minimum absolute atomic E-state index is 0.134. The Kier molecular flexibility index (Phi) is 3.76. The number of hydrogen-bond donors (Lipinski definition) is 2. The van der Waals surface area contributed by atoms with Crippen molar-refractivity contribution in [2.45, 2.75) is 0 Å². The number of aromatic nitrogens is 3. The Morgan fingerprint density at radius 3 is 2.84 bits per heavy atom. The number of rotatable bonds is 3. The van der Waals surface area contributed by atoms with Crippen molar-refractivity contribution in [1.29, 1.82) is 0 Å². The van der Waals surface area contributed by atoms with Gasteiger partial charge in [-0.05, 0) is 18.2 Å². The first kappa shape index (κ1) is 13.0. The van der Waals surface area contributed by atoms with Gasteiger partial charge in [0.15, 0.2) is 5.69 Å². The van der Waals surface area contributed by atoms with E-state index in [9.17, 15) is 9.59 Å². The molecule has 1 aromatic carbocycles. The number of nitrogens with one attached hydrogen (secondary N) is 2. The summed E-state index contributed by atoms with van der Waals surface area (Å²) in [7, 11) is 1.25. The summed E-state index contributed by atoms with van der Waals surface area (Å²) in [5.74, 6) is -1.03. The Morgan fingerprint density at radius 1 is 1.42 bits per heavy atom. The zero-order valence-electron chi connectivity index (χ0n) is 9.81. The molecule has 2 aromatic rings. The molecule has 0 radical (unpaired) electrons. The smallest absolute Gasteiger partial charge is 0.339 e. The number of carbonyl (C=O) groups is 2. The Bertz CT molecular complexity index is 612. The number of nitrogens with zero attached hydrogens (tertiary/aromatic N) is 2. The molecule has 0 saturated heterocycles. The van der Waals surface area contributed by atoms with Crippen molar-refractivity contribution in [2.24, 2.45) is 0 Å². The molecule has 19 heavy (non-hydrogen) atoms. The summed E-state index contributed by atoms with van der Waals surface area (Å²) in [4.78, 5) is 23.2. The molecule has 1 aromatic heterocycles. The van der Waals surface area contributed by atoms with Crippen LogP contribution in [-0.2, 0) is 4.74 Å². The van der Waals surface area contributed by atoms with E-state index in [1.54, 1.807) is 6.07 Å². The van der Waals surface area contributed by atoms with E-state index in [4.69, 9.17) is 11.6 Å². The predicted molar refractivity (Wildman–Crippen MR) is 67.1 cm³/mol. The van der Waals surface area contributed by atoms with Crippen LogP contribution < -0.4 is 5.32 Å². The Labute approximate surface area is 112 Å². The van der Waals surface area contributed by atoms with Gasteiger partial charge in [-0.2, -0.15) is 15.4 Å². The standard InChI is InChI=1S/C11H9ClN4O3/c1-19-11(18)7-4-6(2-3-8(7)12)14-10(17)9-5-13-16-15-9/h2-5H,1H3,(H,14,17)(H,13,15,16). The number of esters is 1. The second-order valence-corrected chi connectivity index (χ2v) is 3.90. The number of carbonyl (C=O) groups excluding carboxylic acids is 2. The maximum Gasteiger partial charge on any atom is 0.339 e. The molecular weight excluding hydrogens is 272 g/mol. The summed E-state index contributed by atoms with van der Waals surface area (Å²) in [6, 6.07) is 4.48. The highest BCUT2D eigenvalue weighted by Gasteiger charge is 2.14. The summed E-state index contributed by atoms with van der Waals surface area (Å²) in [5.41, 5.74) is 0.703. The molecule has 98 valence electrons. The molecule has 2 N–H and O–H groups in total. The number of H-pyrrole nitrogens is 1. The van der Waals surface area contributed by atoms with Gasteiger partial charge in [0, 0.05) is 5.69 Å². The Balaban J connectivity index is 2.22. The lowest BCUT2D eigenvalue weighted by Crippen LogP contribution is -2.13. The third-order valence-electron chi connectivity index (χ3n) is 2.28. The van der Waals surface area contributed by atoms with Crippen LogP contribution >= 0.6 is 11.6 Å². The fourth-order valence-electron chi connectivity index (χ4n) is 1.38. The number of methoxy groups -OCH3 is 1. The monoisotopic (exact) mass is 280 g/mol. The van der Waals surface area contributed by atoms with Gasteiger partial charge in [0.25, 0.3) is 5.91 Å². The van der Waals surface area contributed by atoms with Crippen molar-refractivity contribution in [3.05, 3.63) is 40.7 Å². The molecule has 8 heteroatoms. The van der Waals surface area contributed by atoms with Crippen LogP contribution in [-0.4, -0.2) is 34.4 Å². The molecule has 0 spiro atoms. The molecule has 7 nitrogen and oxygen atoms in total. The van der Waals surface area contributed by atoms with Crippen molar-refractivity contribution in [2.75, 3.05) is 12.4 Å². The molecule has 1 amide bonds. The lowest BCUT2D eigenvalue weighted by Gasteiger charge is -2.06. The van der Waals surface area contributed by atoms with Crippen molar-refractivity contribution in [1.82, 2.24) is 15.4 Å². The molecule has 0 aliphatic rings. The molecule has 0 aliphatic heterocycles. The van der Waals surface area contributed by atoms with E-state index in [2.05, 4.69) is 25.5 Å². The third-order valence-corrected chi connectivity index (χ3v) is 2.61. The van der Waals surface area contributed by atoms with E-state index < -0.39 is 11.9 Å². The average Bonchev–Trinajstić information content (AvgIpc) is 2.94. The number of aromatic amines is 1. The highest BCUT2D eigenvalue weighted by molar-refractivity contribution is 6.33. The molecule has 0 atom stereocenters. The van der Waals surface area contributed by atoms with Crippen LogP contribution in [0.1, 0.15) is 20.8 Å². The first-order chi connectivity index (χ1) is 9.11. The lowest BCUT2D eigenvalue weighted by atomic mass is 10.2. The fourth-order valence-corrected chi connectivity index (χ4v) is 1.57. The first-order valence-corrected chi connectivity index (χ1v) is 5.54. The quantitative estimate of drug-likeness (QED) is 0.830. The zero-order chi connectivity index (χ0) is 13.8. The topological polar surface area (TPSA) is 97.0 Å². The zero-order valence-corrected chi connectivity index (χ0v) is 10.6. The van der Waals surface area contributed by atoms with Crippen LogP contribution in [0.3, 0.4) is 0 Å². The SMILES string of the molecule is COC(=O)c1cc(NC(=O)c2cn[nH]n2)ccc1Cl. The molecule has 0 aliphatic carbocycles. The van der Waals surface area contributed by atoms with Crippen molar-refractivity contribution >= 4 is 29.2 Å². The lowest BCUT2D eigenvalue weighted by molar-refractivity contribution is 0.0600. The predicted octanol–water partition coefficient (Wildman–Crippen LogP) is 1.50. The second-order valence-electron chi connectivity index (χ2n) is 3.50. The maximum absolute atomic E-state index is 11.7. The second kappa shape index (κ2) is 5.49.